The Balaban J connectivity index is 1.41. The molecular weight excluding hydrogens is 786 g/mol. The number of hydrogen-bond acceptors (Lipinski definition) is 8. The Bertz CT molecular complexity index is 1800. The summed E-state index contributed by atoms with van der Waals surface area (Å²) in [7, 11) is 0. The number of nitrogens with zero attached hydrogens (tertiary/aromatic N) is 6. The quantitative estimate of drug-likeness (QED) is 0.121. The molecule has 2 heterocycles. The van der Waals surface area contributed by atoms with Gasteiger partial charge in [0.25, 0.3) is 0 Å². The molecule has 2 aromatic heterocycles. The summed E-state index contributed by atoms with van der Waals surface area (Å²) in [4.78, 5) is 26.2. The molecule has 0 spiro atoms. The Morgan fingerprint density at radius 3 is 1.30 bits per heavy atom. The third kappa shape index (κ3) is 6.26. The Morgan fingerprint density at radius 2 is 0.909 bits per heavy atom. The molecule has 0 atom stereocenters. The van der Waals surface area contributed by atoms with Crippen LogP contribution in [0.4, 0.5) is 0 Å². The first kappa shape index (κ1) is 29.6. The highest BCUT2D eigenvalue weighted by Gasteiger charge is 2.26. The van der Waals surface area contributed by atoms with E-state index < -0.39 is 11.9 Å². The van der Waals surface area contributed by atoms with Gasteiger partial charge in [0.15, 0.2) is 0 Å². The average molecular weight is 808 g/mol. The van der Waals surface area contributed by atoms with Crippen molar-refractivity contribution < 1.29 is 19.1 Å². The number of carbonyl (C=O) groups is 2. The van der Waals surface area contributed by atoms with Crippen molar-refractivity contribution in [3.8, 4) is 22.8 Å². The molecule has 12 heteroatoms. The predicted octanol–water partition coefficient (Wildman–Crippen LogP) is 6.44. The van der Waals surface area contributed by atoms with E-state index in [4.69, 9.17) is 9.47 Å². The van der Waals surface area contributed by atoms with Gasteiger partial charge in [-0.05, 0) is 93.7 Å². The minimum Gasteiger partial charge on any atom is -0.455 e. The van der Waals surface area contributed by atoms with E-state index >= 15 is 0 Å². The van der Waals surface area contributed by atoms with Crippen LogP contribution in [0.15, 0.2) is 109 Å². The van der Waals surface area contributed by atoms with E-state index in [1.54, 1.807) is 33.6 Å². The van der Waals surface area contributed by atoms with Crippen molar-refractivity contribution >= 4 is 57.1 Å². The number of rotatable bonds is 9. The maximum Gasteiger partial charge on any atom is 0.339 e. The molecule has 0 saturated heterocycles. The number of esters is 2. The SMILES string of the molecule is O=C(OCc1c(-c2nnn(-c3ccccc3)c2COC(=O)c2ccccc2I)nnn1-c1ccccc1)c1ccccc1I. The molecule has 0 aliphatic rings. The van der Waals surface area contributed by atoms with Crippen molar-refractivity contribution in [2.45, 2.75) is 13.2 Å². The number of aromatic nitrogens is 6. The van der Waals surface area contributed by atoms with E-state index in [2.05, 4.69) is 65.8 Å². The predicted molar refractivity (Wildman–Crippen MR) is 178 cm³/mol. The van der Waals surface area contributed by atoms with Crippen LogP contribution in [-0.4, -0.2) is 41.9 Å². The number of para-hydroxylation sites is 2. The zero-order valence-corrected chi connectivity index (χ0v) is 27.2. The molecule has 0 N–H and O–H groups in total. The molecule has 6 aromatic rings. The van der Waals surface area contributed by atoms with Crippen molar-refractivity contribution in [1.29, 1.82) is 0 Å². The van der Waals surface area contributed by atoms with Crippen molar-refractivity contribution in [2.24, 2.45) is 0 Å². The van der Waals surface area contributed by atoms with Crippen LogP contribution in [0.3, 0.4) is 0 Å². The average Bonchev–Trinajstić information content (AvgIpc) is 3.67. The smallest absolute Gasteiger partial charge is 0.339 e. The second-order valence-corrected chi connectivity index (χ2v) is 11.7. The zero-order valence-electron chi connectivity index (χ0n) is 22.9. The highest BCUT2D eigenvalue weighted by atomic mass is 127. The summed E-state index contributed by atoms with van der Waals surface area (Å²) in [5.74, 6) is -0.970. The second kappa shape index (κ2) is 13.5. The van der Waals surface area contributed by atoms with E-state index in [-0.39, 0.29) is 13.2 Å². The maximum atomic E-state index is 13.1. The van der Waals surface area contributed by atoms with Gasteiger partial charge in [-0.3, -0.25) is 0 Å². The van der Waals surface area contributed by atoms with Crippen LogP contribution in [0.2, 0.25) is 0 Å². The molecule has 0 radical (unpaired) electrons. The Labute approximate surface area is 279 Å². The van der Waals surface area contributed by atoms with Gasteiger partial charge < -0.3 is 9.47 Å². The van der Waals surface area contributed by atoms with Crippen molar-refractivity contribution in [3.63, 3.8) is 0 Å². The summed E-state index contributed by atoms with van der Waals surface area (Å²) in [5, 5.41) is 17.7. The number of benzene rings is 4. The van der Waals surface area contributed by atoms with Crippen LogP contribution < -0.4 is 0 Å². The van der Waals surface area contributed by atoms with Crippen molar-refractivity contribution in [2.75, 3.05) is 0 Å². The van der Waals surface area contributed by atoms with Gasteiger partial charge in [-0.1, -0.05) is 71.1 Å². The molecule has 0 fully saturated rings. The fraction of sp³-hybridized carbons (Fsp3) is 0.0625. The topological polar surface area (TPSA) is 114 Å². The lowest BCUT2D eigenvalue weighted by atomic mass is 10.2. The zero-order chi connectivity index (χ0) is 30.5. The number of halogens is 2. The van der Waals surface area contributed by atoms with Gasteiger partial charge in [-0.2, -0.15) is 0 Å². The molecule has 44 heavy (non-hydrogen) atoms. The molecule has 6 rings (SSSR count). The maximum absolute atomic E-state index is 13.1. The molecule has 10 nitrogen and oxygen atoms in total. The molecule has 0 aliphatic heterocycles. The third-order valence-corrected chi connectivity index (χ3v) is 8.50. The van der Waals surface area contributed by atoms with Crippen molar-refractivity contribution in [3.05, 3.63) is 139 Å². The molecule has 0 amide bonds. The largest absolute Gasteiger partial charge is 0.455 e. The molecule has 0 saturated carbocycles. The van der Waals surface area contributed by atoms with E-state index in [0.29, 0.717) is 45.3 Å². The van der Waals surface area contributed by atoms with Gasteiger partial charge in [0.1, 0.15) is 36.0 Å². The van der Waals surface area contributed by atoms with Crippen LogP contribution in [0.25, 0.3) is 22.8 Å². The molecule has 218 valence electrons. The lowest BCUT2D eigenvalue weighted by Crippen LogP contribution is -2.12. The van der Waals surface area contributed by atoms with Crippen LogP contribution in [0, 0.1) is 7.14 Å². The Hall–Kier alpha value is -4.44. The fourth-order valence-corrected chi connectivity index (χ4v) is 5.68. The number of hydrogen-bond donors (Lipinski definition) is 0. The monoisotopic (exact) mass is 808 g/mol. The first-order chi connectivity index (χ1) is 21.5. The van der Waals surface area contributed by atoms with E-state index in [0.717, 1.165) is 7.14 Å². The van der Waals surface area contributed by atoms with E-state index in [1.165, 1.54) is 0 Å². The highest BCUT2D eigenvalue weighted by Crippen LogP contribution is 2.28. The minimum absolute atomic E-state index is 0.152. The van der Waals surface area contributed by atoms with E-state index in [1.807, 2.05) is 84.9 Å². The van der Waals surface area contributed by atoms with Gasteiger partial charge in [-0.15, -0.1) is 10.2 Å². The normalized spacial score (nSPS) is 10.9. The summed E-state index contributed by atoms with van der Waals surface area (Å²) in [6, 6.07) is 33.1. The molecule has 0 unspecified atom stereocenters. The van der Waals surface area contributed by atoms with Gasteiger partial charge in [-0.25, -0.2) is 19.0 Å². The number of carbonyl (C=O) groups excluding carboxylic acids is 2. The lowest BCUT2D eigenvalue weighted by Gasteiger charge is -2.11. The second-order valence-electron chi connectivity index (χ2n) is 9.38. The third-order valence-electron chi connectivity index (χ3n) is 6.62. The Kier molecular flexibility index (Phi) is 9.07. The van der Waals surface area contributed by atoms with Crippen LogP contribution in [-0.2, 0) is 22.7 Å². The first-order valence-electron chi connectivity index (χ1n) is 13.3. The van der Waals surface area contributed by atoms with Crippen LogP contribution >= 0.6 is 45.2 Å². The summed E-state index contributed by atoms with van der Waals surface area (Å²) < 4.78 is 16.3. The standard InChI is InChI=1S/C32H22I2N6O4/c33-25-17-9-7-15-23(25)31(41)43-19-27-29(35-37-39(27)21-11-3-1-4-12-21)30-28(40(38-36-30)22-13-5-2-6-14-22)20-44-32(42)24-16-8-10-18-26(24)34/h1-18H,19-20H2. The van der Waals surface area contributed by atoms with Gasteiger partial charge in [0.05, 0.1) is 22.5 Å². The van der Waals surface area contributed by atoms with Crippen LogP contribution in [0.5, 0.6) is 0 Å². The van der Waals surface area contributed by atoms with E-state index in [9.17, 15) is 9.59 Å². The number of ether oxygens (including phenoxy) is 2. The van der Waals surface area contributed by atoms with Gasteiger partial charge >= 0.3 is 11.9 Å². The first-order valence-corrected chi connectivity index (χ1v) is 15.5. The summed E-state index contributed by atoms with van der Waals surface area (Å²) in [6.45, 7) is -0.304. The van der Waals surface area contributed by atoms with Gasteiger partial charge in [0.2, 0.25) is 0 Å². The minimum atomic E-state index is -0.485. The Morgan fingerprint density at radius 1 is 0.545 bits per heavy atom. The lowest BCUT2D eigenvalue weighted by molar-refractivity contribution is 0.0453. The molecule has 0 aliphatic carbocycles. The van der Waals surface area contributed by atoms with Crippen LogP contribution in [0.1, 0.15) is 32.1 Å². The summed E-state index contributed by atoms with van der Waals surface area (Å²) in [6.07, 6.45) is 0. The summed E-state index contributed by atoms with van der Waals surface area (Å²) >= 11 is 4.20. The fourth-order valence-electron chi connectivity index (χ4n) is 4.46. The molecular formula is C32H22I2N6O4. The van der Waals surface area contributed by atoms with Gasteiger partial charge in [0, 0.05) is 7.14 Å². The highest BCUT2D eigenvalue weighted by molar-refractivity contribution is 14.1. The molecule has 4 aromatic carbocycles. The van der Waals surface area contributed by atoms with Crippen molar-refractivity contribution in [1.82, 2.24) is 30.0 Å². The summed E-state index contributed by atoms with van der Waals surface area (Å²) in [5.41, 5.74) is 3.96. The molecule has 0 bridgehead atoms.